The molecule has 3 aromatic rings. The van der Waals surface area contributed by atoms with Crippen molar-refractivity contribution in [3.8, 4) is 0 Å². The summed E-state index contributed by atoms with van der Waals surface area (Å²) in [5, 5.41) is 4.61. The van der Waals surface area contributed by atoms with E-state index in [2.05, 4.69) is 58.8 Å². The number of hydrogen-bond acceptors (Lipinski definition) is 3. The topological polar surface area (TPSA) is 24.9 Å². The minimum Gasteiger partial charge on any atom is -0.312 e. The molecule has 1 unspecified atom stereocenters. The fourth-order valence-corrected chi connectivity index (χ4v) is 3.49. The van der Waals surface area contributed by atoms with Crippen LogP contribution in [0.3, 0.4) is 0 Å². The smallest absolute Gasteiger partial charge is 0.0750 e. The average molecular weight is 294 g/mol. The summed E-state index contributed by atoms with van der Waals surface area (Å²) in [7, 11) is 2.01. The van der Waals surface area contributed by atoms with E-state index in [0.717, 1.165) is 11.3 Å². The number of benzene rings is 2. The maximum Gasteiger partial charge on any atom is 0.0750 e. The first-order valence-electron chi connectivity index (χ1n) is 7.07. The lowest BCUT2D eigenvalue weighted by Gasteiger charge is -2.17. The van der Waals surface area contributed by atoms with Gasteiger partial charge in [-0.05, 0) is 30.8 Å². The van der Waals surface area contributed by atoms with Crippen molar-refractivity contribution in [2.24, 2.45) is 0 Å². The molecule has 21 heavy (non-hydrogen) atoms. The Morgan fingerprint density at radius 2 is 1.81 bits per heavy atom. The third-order valence-corrected chi connectivity index (χ3v) is 4.65. The summed E-state index contributed by atoms with van der Waals surface area (Å²) in [6.07, 6.45) is 1.86. The van der Waals surface area contributed by atoms with E-state index in [4.69, 9.17) is 0 Å². The number of fused-ring (bicyclic) bond motifs is 1. The van der Waals surface area contributed by atoms with Crippen LogP contribution >= 0.6 is 11.8 Å². The normalized spacial score (nSPS) is 12.4. The standard InChI is InChI=1S/C18H18N2S/c1-19-17(13-21-15-9-3-2-4-10-15)16-11-5-7-14-8-6-12-20-18(14)16/h2-12,17,19H,13H2,1H3. The average Bonchev–Trinajstić information content (AvgIpc) is 2.56. The number of nitrogens with zero attached hydrogens (tertiary/aromatic N) is 1. The maximum absolute atomic E-state index is 4.56. The van der Waals surface area contributed by atoms with Crippen LogP contribution in [-0.4, -0.2) is 17.8 Å². The third kappa shape index (κ3) is 3.26. The molecule has 0 aliphatic rings. The number of pyridine rings is 1. The van der Waals surface area contributed by atoms with E-state index in [1.807, 2.05) is 37.1 Å². The summed E-state index contributed by atoms with van der Waals surface area (Å²) in [6, 6.07) is 21.3. The SMILES string of the molecule is CNC(CSc1ccccc1)c1cccc2cccnc12. The fourth-order valence-electron chi connectivity index (χ4n) is 2.43. The minimum atomic E-state index is 0.286. The van der Waals surface area contributed by atoms with Crippen molar-refractivity contribution in [1.29, 1.82) is 0 Å². The molecule has 0 bridgehead atoms. The van der Waals surface area contributed by atoms with Crippen LogP contribution in [0.1, 0.15) is 11.6 Å². The van der Waals surface area contributed by atoms with Crippen LogP contribution in [0, 0.1) is 0 Å². The van der Waals surface area contributed by atoms with Gasteiger partial charge < -0.3 is 5.32 Å². The van der Waals surface area contributed by atoms with E-state index in [0.29, 0.717) is 0 Å². The molecule has 0 aliphatic carbocycles. The fraction of sp³-hybridized carbons (Fsp3) is 0.167. The second-order valence-electron chi connectivity index (χ2n) is 4.89. The molecular weight excluding hydrogens is 276 g/mol. The molecule has 1 atom stereocenters. The van der Waals surface area contributed by atoms with Crippen LogP contribution in [0.2, 0.25) is 0 Å². The number of hydrogen-bond donors (Lipinski definition) is 1. The lowest BCUT2D eigenvalue weighted by Crippen LogP contribution is -2.19. The number of thioether (sulfide) groups is 1. The van der Waals surface area contributed by atoms with E-state index in [-0.39, 0.29) is 6.04 Å². The number of rotatable bonds is 5. The molecule has 0 amide bonds. The molecule has 1 heterocycles. The largest absolute Gasteiger partial charge is 0.312 e. The minimum absolute atomic E-state index is 0.286. The van der Waals surface area contributed by atoms with Gasteiger partial charge in [0.15, 0.2) is 0 Å². The van der Waals surface area contributed by atoms with Crippen molar-refractivity contribution in [2.45, 2.75) is 10.9 Å². The molecule has 3 heteroatoms. The lowest BCUT2D eigenvalue weighted by atomic mass is 10.0. The highest BCUT2D eigenvalue weighted by Crippen LogP contribution is 2.28. The molecule has 1 aromatic heterocycles. The van der Waals surface area contributed by atoms with E-state index in [1.54, 1.807) is 0 Å². The van der Waals surface area contributed by atoms with Crippen LogP contribution in [0.4, 0.5) is 0 Å². The summed E-state index contributed by atoms with van der Waals surface area (Å²) in [5.41, 5.74) is 2.35. The highest BCUT2D eigenvalue weighted by molar-refractivity contribution is 7.99. The van der Waals surface area contributed by atoms with Crippen LogP contribution in [0.25, 0.3) is 10.9 Å². The predicted molar refractivity (Wildman–Crippen MR) is 90.7 cm³/mol. The van der Waals surface area contributed by atoms with E-state index >= 15 is 0 Å². The van der Waals surface area contributed by atoms with Gasteiger partial charge in [-0.2, -0.15) is 0 Å². The molecule has 0 aliphatic heterocycles. The predicted octanol–water partition coefficient (Wildman–Crippen LogP) is 4.29. The maximum atomic E-state index is 4.56. The Hall–Kier alpha value is -1.84. The summed E-state index contributed by atoms with van der Waals surface area (Å²) in [4.78, 5) is 5.85. The van der Waals surface area contributed by atoms with Gasteiger partial charge in [0.25, 0.3) is 0 Å². The molecule has 0 spiro atoms. The molecule has 2 nitrogen and oxygen atoms in total. The van der Waals surface area contributed by atoms with E-state index in [9.17, 15) is 0 Å². The van der Waals surface area contributed by atoms with Gasteiger partial charge >= 0.3 is 0 Å². The van der Waals surface area contributed by atoms with Gasteiger partial charge in [-0.15, -0.1) is 11.8 Å². The zero-order chi connectivity index (χ0) is 14.5. The van der Waals surface area contributed by atoms with Gasteiger partial charge in [-0.25, -0.2) is 0 Å². The van der Waals surface area contributed by atoms with Crippen molar-refractivity contribution >= 4 is 22.7 Å². The van der Waals surface area contributed by atoms with Gasteiger partial charge in [0.05, 0.1) is 5.52 Å². The molecule has 3 rings (SSSR count). The molecule has 0 saturated heterocycles. The molecule has 106 valence electrons. The van der Waals surface area contributed by atoms with Crippen molar-refractivity contribution in [1.82, 2.24) is 10.3 Å². The first kappa shape index (κ1) is 14.1. The van der Waals surface area contributed by atoms with Crippen LogP contribution in [-0.2, 0) is 0 Å². The van der Waals surface area contributed by atoms with Crippen molar-refractivity contribution < 1.29 is 0 Å². The first-order chi connectivity index (χ1) is 10.4. The van der Waals surface area contributed by atoms with Crippen molar-refractivity contribution in [3.63, 3.8) is 0 Å². The number of aromatic nitrogens is 1. The monoisotopic (exact) mass is 294 g/mol. The van der Waals surface area contributed by atoms with Crippen LogP contribution < -0.4 is 5.32 Å². The Morgan fingerprint density at radius 3 is 2.62 bits per heavy atom. The zero-order valence-corrected chi connectivity index (χ0v) is 12.8. The molecule has 0 fully saturated rings. The third-order valence-electron chi connectivity index (χ3n) is 3.55. The van der Waals surface area contributed by atoms with E-state index in [1.165, 1.54) is 15.8 Å². The Labute approximate surface area is 129 Å². The van der Waals surface area contributed by atoms with Gasteiger partial charge in [0.1, 0.15) is 0 Å². The highest BCUT2D eigenvalue weighted by atomic mass is 32.2. The molecular formula is C18H18N2S. The van der Waals surface area contributed by atoms with Gasteiger partial charge in [0, 0.05) is 28.3 Å². The van der Waals surface area contributed by atoms with Crippen molar-refractivity contribution in [2.75, 3.05) is 12.8 Å². The highest BCUT2D eigenvalue weighted by Gasteiger charge is 2.13. The zero-order valence-electron chi connectivity index (χ0n) is 12.0. The summed E-state index contributed by atoms with van der Waals surface area (Å²) in [5.74, 6) is 0.982. The molecule has 1 N–H and O–H groups in total. The molecule has 2 aromatic carbocycles. The van der Waals surface area contributed by atoms with Gasteiger partial charge in [-0.3, -0.25) is 4.98 Å². The second-order valence-corrected chi connectivity index (χ2v) is 5.98. The van der Waals surface area contributed by atoms with E-state index < -0.39 is 0 Å². The quantitative estimate of drug-likeness (QED) is 0.711. The number of para-hydroxylation sites is 1. The summed E-state index contributed by atoms with van der Waals surface area (Å²) < 4.78 is 0. The van der Waals surface area contributed by atoms with Crippen molar-refractivity contribution in [3.05, 3.63) is 72.4 Å². The van der Waals surface area contributed by atoms with Crippen LogP contribution in [0.5, 0.6) is 0 Å². The summed E-state index contributed by atoms with van der Waals surface area (Å²) in [6.45, 7) is 0. The van der Waals surface area contributed by atoms with Gasteiger partial charge in [-0.1, -0.05) is 42.5 Å². The summed E-state index contributed by atoms with van der Waals surface area (Å²) >= 11 is 1.87. The molecule has 0 saturated carbocycles. The Bertz CT molecular complexity index is 707. The second kappa shape index (κ2) is 6.74. The first-order valence-corrected chi connectivity index (χ1v) is 8.06. The number of nitrogens with one attached hydrogen (secondary N) is 1. The Morgan fingerprint density at radius 1 is 1.00 bits per heavy atom. The Balaban J connectivity index is 1.85. The van der Waals surface area contributed by atoms with Gasteiger partial charge in [0.2, 0.25) is 0 Å². The molecule has 0 radical (unpaired) electrons. The Kier molecular flexibility index (Phi) is 4.53. The lowest BCUT2D eigenvalue weighted by molar-refractivity contribution is 0.665. The van der Waals surface area contributed by atoms with Crippen LogP contribution in [0.15, 0.2) is 71.8 Å².